The van der Waals surface area contributed by atoms with Gasteiger partial charge in [0.25, 0.3) is 11.7 Å². The molecule has 0 bridgehead atoms. The Morgan fingerprint density at radius 1 is 0.972 bits per heavy atom. The van der Waals surface area contributed by atoms with E-state index >= 15 is 0 Å². The molecule has 1 amide bonds. The number of amides is 1. The van der Waals surface area contributed by atoms with Crippen molar-refractivity contribution in [3.05, 3.63) is 59.2 Å². The number of nitrogens with zero attached hydrogens (tertiary/aromatic N) is 2. The molecule has 0 spiro atoms. The van der Waals surface area contributed by atoms with E-state index in [1.807, 2.05) is 6.92 Å². The highest BCUT2D eigenvalue weighted by Crippen LogP contribution is 2.44. The van der Waals surface area contributed by atoms with Gasteiger partial charge in [0.15, 0.2) is 0 Å². The Hall–Kier alpha value is -3.52. The smallest absolute Gasteiger partial charge is 0.295 e. The van der Waals surface area contributed by atoms with E-state index in [9.17, 15) is 14.7 Å². The number of aliphatic hydroxyl groups is 1. The maximum atomic E-state index is 13.3. The number of ketones is 1. The Bertz CT molecular complexity index is 1090. The summed E-state index contributed by atoms with van der Waals surface area (Å²) in [6.45, 7) is 9.53. The second-order valence-electron chi connectivity index (χ2n) is 8.44. The highest BCUT2D eigenvalue weighted by molar-refractivity contribution is 6.46. The number of carbonyl (C=O) groups is 2. The minimum atomic E-state index is -0.821. The van der Waals surface area contributed by atoms with Crippen LogP contribution in [0, 0.1) is 0 Å². The lowest BCUT2D eigenvalue weighted by atomic mass is 9.94. The van der Waals surface area contributed by atoms with Crippen LogP contribution in [0.1, 0.15) is 44.4 Å². The van der Waals surface area contributed by atoms with Gasteiger partial charge in [-0.1, -0.05) is 13.8 Å². The summed E-state index contributed by atoms with van der Waals surface area (Å²) in [5.74, 6) is 0.0973. The van der Waals surface area contributed by atoms with Crippen LogP contribution >= 0.6 is 0 Å². The second-order valence-corrected chi connectivity index (χ2v) is 8.44. The van der Waals surface area contributed by atoms with Crippen molar-refractivity contribution in [1.82, 2.24) is 9.80 Å². The lowest BCUT2D eigenvalue weighted by molar-refractivity contribution is -0.140. The summed E-state index contributed by atoms with van der Waals surface area (Å²) in [4.78, 5) is 30.4. The molecule has 1 N–H and O–H groups in total. The molecule has 0 aliphatic carbocycles. The summed E-state index contributed by atoms with van der Waals surface area (Å²) in [5, 5.41) is 11.3. The second kappa shape index (κ2) is 12.4. The van der Waals surface area contributed by atoms with Crippen LogP contribution in [0.25, 0.3) is 5.76 Å². The van der Waals surface area contributed by atoms with Gasteiger partial charge in [-0.15, -0.1) is 0 Å². The summed E-state index contributed by atoms with van der Waals surface area (Å²) >= 11 is 0. The number of benzene rings is 2. The van der Waals surface area contributed by atoms with Crippen molar-refractivity contribution < 1.29 is 28.9 Å². The molecule has 1 saturated heterocycles. The third-order valence-electron chi connectivity index (χ3n) is 6.48. The van der Waals surface area contributed by atoms with Gasteiger partial charge in [0.05, 0.1) is 32.4 Å². The topological polar surface area (TPSA) is 88.5 Å². The summed E-state index contributed by atoms with van der Waals surface area (Å²) in [6.07, 6.45) is 0.681. The van der Waals surface area contributed by atoms with Crippen LogP contribution in [0.5, 0.6) is 17.2 Å². The van der Waals surface area contributed by atoms with E-state index in [1.165, 1.54) is 12.0 Å². The molecule has 1 aliphatic heterocycles. The number of hydrogen-bond donors (Lipinski definition) is 1. The lowest BCUT2D eigenvalue weighted by Gasteiger charge is -2.28. The van der Waals surface area contributed by atoms with Crippen molar-refractivity contribution in [2.75, 3.05) is 47.0 Å². The Kier molecular flexibility index (Phi) is 9.36. The third kappa shape index (κ3) is 5.65. The van der Waals surface area contributed by atoms with Crippen LogP contribution in [-0.4, -0.2) is 73.6 Å². The van der Waals surface area contributed by atoms with Gasteiger partial charge in [-0.05, 0) is 75.4 Å². The first-order valence-corrected chi connectivity index (χ1v) is 12.4. The molecule has 194 valence electrons. The van der Waals surface area contributed by atoms with Crippen LogP contribution < -0.4 is 14.2 Å². The Balaban J connectivity index is 2.11. The molecule has 0 saturated carbocycles. The predicted octanol–water partition coefficient (Wildman–Crippen LogP) is 4.26. The van der Waals surface area contributed by atoms with Crippen molar-refractivity contribution >= 4 is 17.4 Å². The zero-order chi connectivity index (χ0) is 26.2. The molecule has 0 aromatic heterocycles. The number of rotatable bonds is 12. The lowest BCUT2D eigenvalue weighted by Crippen LogP contribution is -2.33. The summed E-state index contributed by atoms with van der Waals surface area (Å²) < 4.78 is 16.5. The fourth-order valence-corrected chi connectivity index (χ4v) is 4.52. The van der Waals surface area contributed by atoms with Gasteiger partial charge in [0.1, 0.15) is 23.0 Å². The van der Waals surface area contributed by atoms with Gasteiger partial charge in [-0.2, -0.15) is 0 Å². The zero-order valence-electron chi connectivity index (χ0n) is 21.7. The van der Waals surface area contributed by atoms with Gasteiger partial charge in [0.2, 0.25) is 0 Å². The quantitative estimate of drug-likeness (QED) is 0.267. The van der Waals surface area contributed by atoms with Crippen molar-refractivity contribution in [1.29, 1.82) is 0 Å². The monoisotopic (exact) mass is 496 g/mol. The maximum absolute atomic E-state index is 13.3. The average molecular weight is 497 g/mol. The standard InChI is InChI=1S/C28H36N2O6/c1-6-29(7-2)16-9-17-30-25(22-18-21(34-4)14-15-23(22)35-5)24(27(32)28(30)33)26(31)19-10-12-20(13-11-19)36-8-3/h10-15,18,25,31H,6-9,16-17H2,1-5H3/b26-24+/t25-/m1/s1. The molecule has 8 heteroatoms. The molecule has 1 atom stereocenters. The van der Waals surface area contributed by atoms with Gasteiger partial charge in [-0.25, -0.2) is 0 Å². The molecule has 1 fully saturated rings. The Labute approximate surface area is 213 Å². The summed E-state index contributed by atoms with van der Waals surface area (Å²) in [7, 11) is 3.08. The molecule has 3 rings (SSSR count). The van der Waals surface area contributed by atoms with Gasteiger partial charge in [-0.3, -0.25) is 9.59 Å². The van der Waals surface area contributed by atoms with E-state index in [0.29, 0.717) is 47.9 Å². The van der Waals surface area contributed by atoms with Crippen LogP contribution in [0.3, 0.4) is 0 Å². The number of Topliss-reactive ketones (excluding diaryl/α,β-unsaturated/α-hetero) is 1. The predicted molar refractivity (Wildman–Crippen MR) is 139 cm³/mol. The normalized spacial score (nSPS) is 17.1. The van der Waals surface area contributed by atoms with E-state index in [4.69, 9.17) is 14.2 Å². The molecule has 1 heterocycles. The van der Waals surface area contributed by atoms with E-state index in [2.05, 4.69) is 18.7 Å². The van der Waals surface area contributed by atoms with Crippen LogP contribution in [0.15, 0.2) is 48.0 Å². The average Bonchev–Trinajstić information content (AvgIpc) is 3.15. The highest BCUT2D eigenvalue weighted by Gasteiger charge is 2.47. The number of carbonyl (C=O) groups excluding carboxylic acids is 2. The van der Waals surface area contributed by atoms with Crippen LogP contribution in [0.2, 0.25) is 0 Å². The first-order valence-electron chi connectivity index (χ1n) is 12.4. The molecule has 36 heavy (non-hydrogen) atoms. The van der Waals surface area contributed by atoms with E-state index in [-0.39, 0.29) is 11.3 Å². The van der Waals surface area contributed by atoms with Crippen molar-refractivity contribution in [2.45, 2.75) is 33.2 Å². The molecular weight excluding hydrogens is 460 g/mol. The van der Waals surface area contributed by atoms with Crippen molar-refractivity contribution in [3.8, 4) is 17.2 Å². The zero-order valence-corrected chi connectivity index (χ0v) is 21.7. The number of methoxy groups -OCH3 is 2. The van der Waals surface area contributed by atoms with Gasteiger partial charge < -0.3 is 29.1 Å². The molecule has 8 nitrogen and oxygen atoms in total. The van der Waals surface area contributed by atoms with E-state index in [0.717, 1.165) is 19.6 Å². The molecule has 2 aromatic rings. The maximum Gasteiger partial charge on any atom is 0.295 e. The number of ether oxygens (including phenoxy) is 3. The Morgan fingerprint density at radius 3 is 2.22 bits per heavy atom. The van der Waals surface area contributed by atoms with E-state index in [1.54, 1.807) is 49.6 Å². The van der Waals surface area contributed by atoms with Crippen molar-refractivity contribution in [3.63, 3.8) is 0 Å². The van der Waals surface area contributed by atoms with Crippen LogP contribution in [0.4, 0.5) is 0 Å². The fraction of sp³-hybridized carbons (Fsp3) is 0.429. The Morgan fingerprint density at radius 2 is 1.64 bits per heavy atom. The summed E-state index contributed by atoms with van der Waals surface area (Å²) in [5.41, 5.74) is 1.02. The minimum absolute atomic E-state index is 0.0264. The van der Waals surface area contributed by atoms with E-state index < -0.39 is 17.7 Å². The number of aliphatic hydroxyl groups excluding tert-OH is 1. The van der Waals surface area contributed by atoms with Gasteiger partial charge >= 0.3 is 0 Å². The molecule has 1 aliphatic rings. The molecule has 2 aromatic carbocycles. The van der Waals surface area contributed by atoms with Crippen molar-refractivity contribution in [2.24, 2.45) is 0 Å². The van der Waals surface area contributed by atoms with Gasteiger partial charge in [0, 0.05) is 17.7 Å². The highest BCUT2D eigenvalue weighted by atomic mass is 16.5. The SMILES string of the molecule is CCOc1ccc(/C(O)=C2\C(=O)C(=O)N(CCCN(CC)CC)[C@@H]2c2cc(OC)ccc2OC)cc1. The first-order chi connectivity index (χ1) is 17.4. The number of likely N-dealkylation sites (tertiary alicyclic amines) is 1. The van der Waals surface area contributed by atoms with Crippen LogP contribution in [-0.2, 0) is 9.59 Å². The molecule has 0 unspecified atom stereocenters. The third-order valence-corrected chi connectivity index (χ3v) is 6.48. The summed E-state index contributed by atoms with van der Waals surface area (Å²) in [6, 6.07) is 11.2. The number of hydrogen-bond acceptors (Lipinski definition) is 7. The molecular formula is C28H36N2O6. The fourth-order valence-electron chi connectivity index (χ4n) is 4.52. The largest absolute Gasteiger partial charge is 0.507 e. The molecule has 0 radical (unpaired) electrons. The minimum Gasteiger partial charge on any atom is -0.507 e. The first kappa shape index (κ1) is 27.1.